The third-order valence-corrected chi connectivity index (χ3v) is 4.20. The molecule has 2 aromatic rings. The molecule has 0 spiro atoms. The highest BCUT2D eigenvalue weighted by Crippen LogP contribution is 2.38. The Balaban J connectivity index is 1.86. The van der Waals surface area contributed by atoms with E-state index in [9.17, 15) is 9.59 Å². The van der Waals surface area contributed by atoms with Crippen LogP contribution in [-0.2, 0) is 16.1 Å². The van der Waals surface area contributed by atoms with E-state index < -0.39 is 0 Å². The molecule has 0 fully saturated rings. The highest BCUT2D eigenvalue weighted by molar-refractivity contribution is 5.91. The van der Waals surface area contributed by atoms with Crippen LogP contribution in [0.3, 0.4) is 0 Å². The molecule has 1 aromatic carbocycles. The Hall–Kier alpha value is -3.33. The molecular formula is C21H28N4O5. The fourth-order valence-corrected chi connectivity index (χ4v) is 2.84. The Labute approximate surface area is 176 Å². The van der Waals surface area contributed by atoms with Crippen molar-refractivity contribution in [2.75, 3.05) is 46.8 Å². The molecule has 9 nitrogen and oxygen atoms in total. The zero-order chi connectivity index (χ0) is 22.1. The number of aryl methyl sites for hydroxylation is 1. The summed E-state index contributed by atoms with van der Waals surface area (Å²) in [6, 6.07) is 8.93. The quantitative estimate of drug-likeness (QED) is 0.607. The average Bonchev–Trinajstić information content (AvgIpc) is 2.71. The smallest absolute Gasteiger partial charge is 0.239 e. The van der Waals surface area contributed by atoms with Crippen LogP contribution < -0.4 is 24.8 Å². The lowest BCUT2D eigenvalue weighted by Crippen LogP contribution is -2.38. The van der Waals surface area contributed by atoms with E-state index in [1.165, 1.54) is 21.3 Å². The van der Waals surface area contributed by atoms with Crippen molar-refractivity contribution < 1.29 is 23.8 Å². The van der Waals surface area contributed by atoms with E-state index in [4.69, 9.17) is 14.2 Å². The van der Waals surface area contributed by atoms with Gasteiger partial charge in [-0.25, -0.2) is 4.98 Å². The Kier molecular flexibility index (Phi) is 8.42. The molecule has 0 saturated heterocycles. The molecule has 1 heterocycles. The SMILES string of the molecule is COc1cc(CNC(=O)CN(C)CC(=O)Nc2cccc(C)n2)cc(OC)c1OC. The summed E-state index contributed by atoms with van der Waals surface area (Å²) in [5.74, 6) is 1.55. The normalized spacial score (nSPS) is 10.5. The van der Waals surface area contributed by atoms with Crippen molar-refractivity contribution in [3.05, 3.63) is 41.6 Å². The molecular weight excluding hydrogens is 388 g/mol. The molecule has 0 aliphatic carbocycles. The lowest BCUT2D eigenvalue weighted by atomic mass is 10.1. The lowest BCUT2D eigenvalue weighted by molar-refractivity contribution is -0.123. The van der Waals surface area contributed by atoms with Gasteiger partial charge in [0.25, 0.3) is 0 Å². The Morgan fingerprint density at radius 1 is 1.00 bits per heavy atom. The van der Waals surface area contributed by atoms with E-state index in [1.54, 1.807) is 30.1 Å². The molecule has 0 atom stereocenters. The Morgan fingerprint density at radius 3 is 2.20 bits per heavy atom. The minimum absolute atomic E-state index is 0.0627. The van der Waals surface area contributed by atoms with E-state index >= 15 is 0 Å². The van der Waals surface area contributed by atoms with Gasteiger partial charge in [-0.3, -0.25) is 14.5 Å². The van der Waals surface area contributed by atoms with E-state index in [0.29, 0.717) is 23.1 Å². The second kappa shape index (κ2) is 11.0. The monoisotopic (exact) mass is 416 g/mol. The maximum Gasteiger partial charge on any atom is 0.239 e. The number of methoxy groups -OCH3 is 3. The van der Waals surface area contributed by atoms with Crippen molar-refractivity contribution >= 4 is 17.6 Å². The number of anilines is 1. The predicted octanol–water partition coefficient (Wildman–Crippen LogP) is 1.60. The highest BCUT2D eigenvalue weighted by atomic mass is 16.5. The molecule has 2 rings (SSSR count). The van der Waals surface area contributed by atoms with Gasteiger partial charge in [0, 0.05) is 12.2 Å². The van der Waals surface area contributed by atoms with Gasteiger partial charge in [-0.15, -0.1) is 0 Å². The number of likely N-dealkylation sites (N-methyl/N-ethyl adjacent to an activating group) is 1. The fraction of sp³-hybridized carbons (Fsp3) is 0.381. The van der Waals surface area contributed by atoms with Gasteiger partial charge >= 0.3 is 0 Å². The molecule has 0 unspecified atom stereocenters. The zero-order valence-corrected chi connectivity index (χ0v) is 17.9. The summed E-state index contributed by atoms with van der Waals surface area (Å²) in [5.41, 5.74) is 1.61. The first-order valence-electron chi connectivity index (χ1n) is 9.34. The number of benzene rings is 1. The second-order valence-corrected chi connectivity index (χ2v) is 6.69. The van der Waals surface area contributed by atoms with Crippen LogP contribution in [0.4, 0.5) is 5.82 Å². The molecule has 0 aliphatic rings. The first-order valence-corrected chi connectivity index (χ1v) is 9.34. The number of rotatable bonds is 10. The van der Waals surface area contributed by atoms with E-state index in [-0.39, 0.29) is 31.4 Å². The molecule has 2 N–H and O–H groups in total. The van der Waals surface area contributed by atoms with Crippen molar-refractivity contribution in [2.24, 2.45) is 0 Å². The van der Waals surface area contributed by atoms with Crippen LogP contribution in [0.5, 0.6) is 17.2 Å². The number of carbonyl (C=O) groups excluding carboxylic acids is 2. The van der Waals surface area contributed by atoms with Crippen molar-refractivity contribution in [1.29, 1.82) is 0 Å². The summed E-state index contributed by atoms with van der Waals surface area (Å²) in [4.78, 5) is 30.2. The largest absolute Gasteiger partial charge is 0.493 e. The van der Waals surface area contributed by atoms with Crippen LogP contribution in [-0.4, -0.2) is 63.2 Å². The average molecular weight is 416 g/mol. The minimum Gasteiger partial charge on any atom is -0.493 e. The van der Waals surface area contributed by atoms with Gasteiger partial charge < -0.3 is 24.8 Å². The molecule has 1 aromatic heterocycles. The number of hydrogen-bond donors (Lipinski definition) is 2. The van der Waals surface area contributed by atoms with Gasteiger partial charge in [-0.05, 0) is 43.8 Å². The van der Waals surface area contributed by atoms with E-state index in [0.717, 1.165) is 11.3 Å². The number of pyridine rings is 1. The molecule has 2 amide bonds. The van der Waals surface area contributed by atoms with E-state index in [1.807, 2.05) is 19.1 Å². The second-order valence-electron chi connectivity index (χ2n) is 6.69. The van der Waals surface area contributed by atoms with Crippen LogP contribution >= 0.6 is 0 Å². The Bertz CT molecular complexity index is 862. The van der Waals surface area contributed by atoms with Crippen molar-refractivity contribution in [3.63, 3.8) is 0 Å². The summed E-state index contributed by atoms with van der Waals surface area (Å²) in [6.07, 6.45) is 0. The standard InChI is InChI=1S/C21H28N4O5/c1-14-7-6-8-18(23-14)24-20(27)13-25(2)12-19(26)22-11-15-9-16(28-3)21(30-5)17(10-15)29-4/h6-10H,11-13H2,1-5H3,(H,22,26)(H,23,24,27). The van der Waals surface area contributed by atoms with Gasteiger partial charge in [0.15, 0.2) is 11.5 Å². The summed E-state index contributed by atoms with van der Waals surface area (Å²) in [7, 11) is 6.29. The predicted molar refractivity (Wildman–Crippen MR) is 113 cm³/mol. The third kappa shape index (κ3) is 6.63. The van der Waals surface area contributed by atoms with Gasteiger partial charge in [0.1, 0.15) is 5.82 Å². The number of carbonyl (C=O) groups is 2. The fourth-order valence-electron chi connectivity index (χ4n) is 2.84. The van der Waals surface area contributed by atoms with Crippen LogP contribution in [0.15, 0.2) is 30.3 Å². The molecule has 30 heavy (non-hydrogen) atoms. The lowest BCUT2D eigenvalue weighted by Gasteiger charge is -2.17. The number of amides is 2. The highest BCUT2D eigenvalue weighted by Gasteiger charge is 2.15. The molecule has 162 valence electrons. The minimum atomic E-state index is -0.243. The number of ether oxygens (including phenoxy) is 3. The first-order chi connectivity index (χ1) is 14.4. The molecule has 0 bridgehead atoms. The number of hydrogen-bond acceptors (Lipinski definition) is 7. The summed E-state index contributed by atoms with van der Waals surface area (Å²) in [5, 5.41) is 5.54. The number of nitrogens with one attached hydrogen (secondary N) is 2. The van der Waals surface area contributed by atoms with Crippen LogP contribution in [0.1, 0.15) is 11.3 Å². The van der Waals surface area contributed by atoms with Gasteiger partial charge in [0.05, 0.1) is 34.4 Å². The number of aromatic nitrogens is 1. The van der Waals surface area contributed by atoms with Crippen LogP contribution in [0.25, 0.3) is 0 Å². The zero-order valence-electron chi connectivity index (χ0n) is 17.9. The topological polar surface area (TPSA) is 102 Å². The summed E-state index contributed by atoms with van der Waals surface area (Å²) in [6.45, 7) is 2.26. The van der Waals surface area contributed by atoms with Crippen molar-refractivity contribution in [2.45, 2.75) is 13.5 Å². The molecule has 9 heteroatoms. The third-order valence-electron chi connectivity index (χ3n) is 4.20. The van der Waals surface area contributed by atoms with Crippen molar-refractivity contribution in [3.8, 4) is 17.2 Å². The maximum absolute atomic E-state index is 12.3. The molecule has 0 saturated carbocycles. The Morgan fingerprint density at radius 2 is 1.63 bits per heavy atom. The summed E-state index contributed by atoms with van der Waals surface area (Å²) < 4.78 is 15.9. The van der Waals surface area contributed by atoms with Crippen molar-refractivity contribution in [1.82, 2.24) is 15.2 Å². The van der Waals surface area contributed by atoms with Crippen LogP contribution in [0.2, 0.25) is 0 Å². The van der Waals surface area contributed by atoms with Gasteiger partial charge in [-0.2, -0.15) is 0 Å². The maximum atomic E-state index is 12.3. The van der Waals surface area contributed by atoms with Gasteiger partial charge in [-0.1, -0.05) is 6.07 Å². The number of nitrogens with zero attached hydrogens (tertiary/aromatic N) is 2. The summed E-state index contributed by atoms with van der Waals surface area (Å²) >= 11 is 0. The molecule has 0 radical (unpaired) electrons. The molecule has 0 aliphatic heterocycles. The van der Waals surface area contributed by atoms with Crippen LogP contribution in [0, 0.1) is 6.92 Å². The van der Waals surface area contributed by atoms with Gasteiger partial charge in [0.2, 0.25) is 17.6 Å². The van der Waals surface area contributed by atoms with E-state index in [2.05, 4.69) is 15.6 Å². The first kappa shape index (κ1) is 23.0.